The fourth-order valence-electron chi connectivity index (χ4n) is 2.63. The highest BCUT2D eigenvalue weighted by atomic mass is 35.5. The summed E-state index contributed by atoms with van der Waals surface area (Å²) < 4.78 is 11.2. The summed E-state index contributed by atoms with van der Waals surface area (Å²) in [6.07, 6.45) is 1.25. The van der Waals surface area contributed by atoms with Crippen LogP contribution in [0.15, 0.2) is 58.2 Å². The van der Waals surface area contributed by atoms with Gasteiger partial charge in [-0.3, -0.25) is 4.79 Å². The van der Waals surface area contributed by atoms with E-state index in [1.807, 2.05) is 37.3 Å². The van der Waals surface area contributed by atoms with Crippen molar-refractivity contribution in [2.24, 2.45) is 0 Å². The van der Waals surface area contributed by atoms with Gasteiger partial charge in [0.05, 0.1) is 23.4 Å². The maximum atomic E-state index is 12.1. The van der Waals surface area contributed by atoms with Crippen molar-refractivity contribution in [1.29, 1.82) is 0 Å². The van der Waals surface area contributed by atoms with E-state index in [-0.39, 0.29) is 17.7 Å². The molecule has 2 aromatic carbocycles. The molecule has 1 heterocycles. The summed E-state index contributed by atoms with van der Waals surface area (Å²) in [5.41, 5.74) is 1.05. The third-order valence-electron chi connectivity index (χ3n) is 4.14. The lowest BCUT2D eigenvalue weighted by atomic mass is 10.1. The summed E-state index contributed by atoms with van der Waals surface area (Å²) in [5, 5.41) is 12.3. The first-order valence-electron chi connectivity index (χ1n) is 9.38. The number of carbonyl (C=O) groups is 1. The number of amides is 1. The van der Waals surface area contributed by atoms with Crippen molar-refractivity contribution < 1.29 is 13.9 Å². The Morgan fingerprint density at radius 2 is 2.00 bits per heavy atom. The molecular formula is C21H21Cl2N3O3S. The topological polar surface area (TPSA) is 77.2 Å². The van der Waals surface area contributed by atoms with E-state index < -0.39 is 0 Å². The fourth-order valence-corrected chi connectivity index (χ4v) is 3.69. The highest BCUT2D eigenvalue weighted by molar-refractivity contribution is 7.99. The predicted octanol–water partition coefficient (Wildman–Crippen LogP) is 5.36. The standard InChI is InChI=1S/C21H21Cl2N3O3S/c1-14(15-6-3-2-4-7-15)24-19(27)13-30-21-26-25-20(29-21)8-5-11-28-18-10-9-16(22)12-17(18)23/h2-4,6-7,9-10,12,14H,5,8,11,13H2,1H3,(H,24,27)/t14-/m1/s1. The number of hydrogen-bond donors (Lipinski definition) is 1. The van der Waals surface area contributed by atoms with Gasteiger partial charge in [-0.15, -0.1) is 10.2 Å². The summed E-state index contributed by atoms with van der Waals surface area (Å²) in [7, 11) is 0. The zero-order chi connectivity index (χ0) is 21.3. The molecule has 0 saturated carbocycles. The molecule has 1 amide bonds. The van der Waals surface area contributed by atoms with E-state index in [9.17, 15) is 4.79 Å². The maximum absolute atomic E-state index is 12.1. The Bertz CT molecular complexity index is 969. The number of ether oxygens (including phenoxy) is 1. The Morgan fingerprint density at radius 3 is 2.77 bits per heavy atom. The quantitative estimate of drug-likeness (QED) is 0.320. The van der Waals surface area contributed by atoms with E-state index in [1.54, 1.807) is 18.2 Å². The molecule has 9 heteroatoms. The number of nitrogens with one attached hydrogen (secondary N) is 1. The van der Waals surface area contributed by atoms with Crippen LogP contribution in [0.2, 0.25) is 10.0 Å². The van der Waals surface area contributed by atoms with Crippen LogP contribution in [-0.4, -0.2) is 28.5 Å². The number of aromatic nitrogens is 2. The molecule has 0 fully saturated rings. The third-order valence-corrected chi connectivity index (χ3v) is 5.49. The van der Waals surface area contributed by atoms with Crippen LogP contribution in [-0.2, 0) is 11.2 Å². The molecule has 3 rings (SSSR count). The lowest BCUT2D eigenvalue weighted by Crippen LogP contribution is -2.28. The molecule has 1 aromatic heterocycles. The normalized spacial score (nSPS) is 11.8. The Kier molecular flexibility index (Phi) is 8.42. The van der Waals surface area contributed by atoms with Gasteiger partial charge in [-0.25, -0.2) is 0 Å². The van der Waals surface area contributed by atoms with Gasteiger partial charge in [-0.2, -0.15) is 0 Å². The van der Waals surface area contributed by atoms with Crippen molar-refractivity contribution in [2.45, 2.75) is 31.0 Å². The summed E-state index contributed by atoms with van der Waals surface area (Å²) in [6.45, 7) is 2.40. The van der Waals surface area contributed by atoms with E-state index in [2.05, 4.69) is 15.5 Å². The zero-order valence-electron chi connectivity index (χ0n) is 16.3. The predicted molar refractivity (Wildman–Crippen MR) is 118 cm³/mol. The number of halogens is 2. The molecule has 0 unspecified atom stereocenters. The van der Waals surface area contributed by atoms with Crippen molar-refractivity contribution in [2.75, 3.05) is 12.4 Å². The molecule has 1 atom stereocenters. The number of hydrogen-bond acceptors (Lipinski definition) is 6. The second-order valence-electron chi connectivity index (χ2n) is 6.48. The molecule has 158 valence electrons. The first-order chi connectivity index (χ1) is 14.5. The minimum Gasteiger partial charge on any atom is -0.492 e. The molecule has 0 bridgehead atoms. The van der Waals surface area contributed by atoms with Gasteiger partial charge in [0.1, 0.15) is 5.75 Å². The Labute approximate surface area is 189 Å². The maximum Gasteiger partial charge on any atom is 0.277 e. The van der Waals surface area contributed by atoms with Gasteiger partial charge in [-0.05, 0) is 37.1 Å². The van der Waals surface area contributed by atoms with Gasteiger partial charge in [0, 0.05) is 11.4 Å². The van der Waals surface area contributed by atoms with Crippen LogP contribution in [0.25, 0.3) is 0 Å². The Morgan fingerprint density at radius 1 is 1.20 bits per heavy atom. The van der Waals surface area contributed by atoms with E-state index in [0.29, 0.717) is 46.4 Å². The van der Waals surface area contributed by atoms with Gasteiger partial charge in [0.2, 0.25) is 11.8 Å². The monoisotopic (exact) mass is 465 g/mol. The molecular weight excluding hydrogens is 445 g/mol. The van der Waals surface area contributed by atoms with Gasteiger partial charge < -0.3 is 14.5 Å². The van der Waals surface area contributed by atoms with Crippen molar-refractivity contribution in [3.05, 3.63) is 70.0 Å². The van der Waals surface area contributed by atoms with Gasteiger partial charge in [-0.1, -0.05) is 65.3 Å². The number of benzene rings is 2. The van der Waals surface area contributed by atoms with Crippen molar-refractivity contribution in [1.82, 2.24) is 15.5 Å². The van der Waals surface area contributed by atoms with Crippen molar-refractivity contribution >= 4 is 40.9 Å². The van der Waals surface area contributed by atoms with Crippen LogP contribution in [0.1, 0.15) is 30.8 Å². The molecule has 0 aliphatic carbocycles. The largest absolute Gasteiger partial charge is 0.492 e. The molecule has 6 nitrogen and oxygen atoms in total. The summed E-state index contributed by atoms with van der Waals surface area (Å²) in [4.78, 5) is 12.1. The van der Waals surface area contributed by atoms with Crippen molar-refractivity contribution in [3.8, 4) is 5.75 Å². The minimum atomic E-state index is -0.0932. The first kappa shape index (κ1) is 22.5. The Balaban J connectivity index is 1.37. The summed E-state index contributed by atoms with van der Waals surface area (Å²) >= 11 is 13.1. The van der Waals surface area contributed by atoms with Crippen LogP contribution < -0.4 is 10.1 Å². The van der Waals surface area contributed by atoms with Crippen LogP contribution in [0.4, 0.5) is 0 Å². The fraction of sp³-hybridized carbons (Fsp3) is 0.286. The van der Waals surface area contributed by atoms with E-state index in [4.69, 9.17) is 32.4 Å². The number of rotatable bonds is 10. The number of nitrogens with zero attached hydrogens (tertiary/aromatic N) is 2. The second kappa shape index (κ2) is 11.2. The molecule has 0 aliphatic heterocycles. The van der Waals surface area contributed by atoms with E-state index >= 15 is 0 Å². The van der Waals surface area contributed by atoms with Crippen LogP contribution in [0.3, 0.4) is 0 Å². The van der Waals surface area contributed by atoms with Crippen LogP contribution in [0, 0.1) is 0 Å². The average Bonchev–Trinajstić information content (AvgIpc) is 3.19. The lowest BCUT2D eigenvalue weighted by molar-refractivity contribution is -0.119. The van der Waals surface area contributed by atoms with E-state index in [1.165, 1.54) is 11.8 Å². The first-order valence-corrected chi connectivity index (χ1v) is 11.1. The smallest absolute Gasteiger partial charge is 0.277 e. The highest BCUT2D eigenvalue weighted by Gasteiger charge is 2.13. The molecule has 3 aromatic rings. The van der Waals surface area contributed by atoms with Gasteiger partial charge in [0.15, 0.2) is 0 Å². The minimum absolute atomic E-state index is 0.0633. The molecule has 0 aliphatic rings. The molecule has 0 saturated heterocycles. The van der Waals surface area contributed by atoms with Crippen LogP contribution in [0.5, 0.6) is 5.75 Å². The second-order valence-corrected chi connectivity index (χ2v) is 8.25. The van der Waals surface area contributed by atoms with Crippen molar-refractivity contribution in [3.63, 3.8) is 0 Å². The number of aryl methyl sites for hydroxylation is 1. The number of thioether (sulfide) groups is 1. The number of carbonyl (C=O) groups excluding carboxylic acids is 1. The summed E-state index contributed by atoms with van der Waals surface area (Å²) in [5.74, 6) is 1.20. The highest BCUT2D eigenvalue weighted by Crippen LogP contribution is 2.27. The summed E-state index contributed by atoms with van der Waals surface area (Å²) in [6, 6.07) is 14.8. The molecule has 0 spiro atoms. The molecule has 0 radical (unpaired) electrons. The molecule has 30 heavy (non-hydrogen) atoms. The zero-order valence-corrected chi connectivity index (χ0v) is 18.6. The van der Waals surface area contributed by atoms with E-state index in [0.717, 1.165) is 5.56 Å². The molecule has 1 N–H and O–H groups in total. The van der Waals surface area contributed by atoms with Gasteiger partial charge in [0.25, 0.3) is 5.22 Å². The van der Waals surface area contributed by atoms with Gasteiger partial charge >= 0.3 is 0 Å². The van der Waals surface area contributed by atoms with Crippen LogP contribution >= 0.6 is 35.0 Å². The SMILES string of the molecule is C[C@@H](NC(=O)CSc1nnc(CCCOc2ccc(Cl)cc2Cl)o1)c1ccccc1. The lowest BCUT2D eigenvalue weighted by Gasteiger charge is -2.13. The Hall–Kier alpha value is -2.22. The average molecular weight is 466 g/mol. The third kappa shape index (κ3) is 6.93.